The van der Waals surface area contributed by atoms with Gasteiger partial charge in [-0.15, -0.1) is 0 Å². The zero-order valence-electron chi connectivity index (χ0n) is 14.7. The van der Waals surface area contributed by atoms with E-state index in [-0.39, 0.29) is 11.7 Å². The Labute approximate surface area is 161 Å². The maximum Gasteiger partial charge on any atom is 0.255 e. The van der Waals surface area contributed by atoms with E-state index in [4.69, 9.17) is 16.3 Å². The number of hydrogen-bond donors (Lipinski definition) is 0. The molecule has 1 aliphatic heterocycles. The van der Waals surface area contributed by atoms with E-state index < -0.39 is 0 Å². The molecule has 7 nitrogen and oxygen atoms in total. The van der Waals surface area contributed by atoms with Crippen LogP contribution in [-0.4, -0.2) is 39.2 Å². The molecular formula is C19H18ClN5O2. The molecule has 0 radical (unpaired) electrons. The molecule has 0 spiro atoms. The minimum absolute atomic E-state index is 0.139. The molecule has 3 aromatic rings. The molecule has 1 atom stereocenters. The summed E-state index contributed by atoms with van der Waals surface area (Å²) in [5.74, 6) is 0.589. The number of rotatable bonds is 3. The lowest BCUT2D eigenvalue weighted by molar-refractivity contribution is 0.0390. The van der Waals surface area contributed by atoms with Crippen LogP contribution in [0.4, 0.5) is 5.95 Å². The highest BCUT2D eigenvalue weighted by molar-refractivity contribution is 6.30. The van der Waals surface area contributed by atoms with E-state index in [9.17, 15) is 4.79 Å². The lowest BCUT2D eigenvalue weighted by Crippen LogP contribution is -2.41. The Morgan fingerprint density at radius 2 is 2.11 bits per heavy atom. The molecule has 0 bridgehead atoms. The number of nitrogens with zero attached hydrogens (tertiary/aromatic N) is 5. The number of anilines is 1. The van der Waals surface area contributed by atoms with Crippen molar-refractivity contribution < 1.29 is 4.74 Å². The Bertz CT molecular complexity index is 1010. The van der Waals surface area contributed by atoms with Crippen molar-refractivity contribution in [3.8, 4) is 11.4 Å². The highest BCUT2D eigenvalue weighted by Gasteiger charge is 2.25. The maximum absolute atomic E-state index is 12.5. The molecule has 1 aromatic carbocycles. The van der Waals surface area contributed by atoms with Gasteiger partial charge in [0, 0.05) is 30.9 Å². The summed E-state index contributed by atoms with van der Waals surface area (Å²) in [6.45, 7) is 1.75. The smallest absolute Gasteiger partial charge is 0.255 e. The van der Waals surface area contributed by atoms with Crippen molar-refractivity contribution in [1.29, 1.82) is 0 Å². The predicted molar refractivity (Wildman–Crippen MR) is 103 cm³/mol. The first kappa shape index (κ1) is 17.6. The number of aromatic nitrogens is 4. The van der Waals surface area contributed by atoms with Gasteiger partial charge in [-0.05, 0) is 23.8 Å². The van der Waals surface area contributed by atoms with Gasteiger partial charge in [-0.1, -0.05) is 23.7 Å². The molecule has 8 heteroatoms. The fourth-order valence-corrected chi connectivity index (χ4v) is 3.32. The van der Waals surface area contributed by atoms with E-state index in [1.165, 1.54) is 12.4 Å². The third kappa shape index (κ3) is 3.70. The average Bonchev–Trinajstić information content (AvgIpc) is 2.71. The molecule has 0 N–H and O–H groups in total. The molecule has 27 heavy (non-hydrogen) atoms. The van der Waals surface area contributed by atoms with Crippen molar-refractivity contribution in [2.45, 2.75) is 6.10 Å². The second kappa shape index (κ2) is 7.46. The maximum atomic E-state index is 12.5. The molecule has 4 rings (SSSR count). The first-order valence-corrected chi connectivity index (χ1v) is 8.96. The zero-order chi connectivity index (χ0) is 18.8. The Hall–Kier alpha value is -2.77. The number of hydrogen-bond acceptors (Lipinski definition) is 6. The number of ether oxygens (including phenoxy) is 1. The Kier molecular flexibility index (Phi) is 4.87. The van der Waals surface area contributed by atoms with Crippen LogP contribution in [0.2, 0.25) is 5.02 Å². The summed E-state index contributed by atoms with van der Waals surface area (Å²) in [5.41, 5.74) is 2.01. The monoisotopic (exact) mass is 383 g/mol. The summed E-state index contributed by atoms with van der Waals surface area (Å²) in [5, 5.41) is 0.671. The van der Waals surface area contributed by atoms with Gasteiger partial charge >= 0.3 is 0 Å². The Morgan fingerprint density at radius 1 is 1.22 bits per heavy atom. The highest BCUT2D eigenvalue weighted by Crippen LogP contribution is 2.27. The summed E-state index contributed by atoms with van der Waals surface area (Å²) < 4.78 is 7.47. The molecule has 2 aromatic heterocycles. The van der Waals surface area contributed by atoms with E-state index in [2.05, 4.69) is 19.9 Å². The van der Waals surface area contributed by atoms with Gasteiger partial charge < -0.3 is 9.64 Å². The van der Waals surface area contributed by atoms with Crippen molar-refractivity contribution in [3.63, 3.8) is 0 Å². The SMILES string of the molecule is Cn1c(N2CCO[C@H](c3cccc(Cl)c3)C2)nc(-c2ccncn2)cc1=O. The van der Waals surface area contributed by atoms with Crippen LogP contribution in [0.3, 0.4) is 0 Å². The van der Waals surface area contributed by atoms with Crippen LogP contribution in [0, 0.1) is 0 Å². The molecule has 138 valence electrons. The average molecular weight is 384 g/mol. The van der Waals surface area contributed by atoms with Crippen molar-refractivity contribution in [1.82, 2.24) is 19.5 Å². The second-order valence-corrected chi connectivity index (χ2v) is 6.73. The predicted octanol–water partition coefficient (Wildman–Crippen LogP) is 2.47. The molecular weight excluding hydrogens is 366 g/mol. The van der Waals surface area contributed by atoms with Crippen LogP contribution < -0.4 is 10.5 Å². The van der Waals surface area contributed by atoms with E-state index in [0.717, 1.165) is 5.56 Å². The Morgan fingerprint density at radius 3 is 2.89 bits per heavy atom. The first-order valence-electron chi connectivity index (χ1n) is 8.58. The number of morpholine rings is 1. The third-order valence-corrected chi connectivity index (χ3v) is 4.76. The normalized spacial score (nSPS) is 17.1. The van der Waals surface area contributed by atoms with Crippen molar-refractivity contribution in [3.05, 3.63) is 69.9 Å². The lowest BCUT2D eigenvalue weighted by atomic mass is 10.1. The van der Waals surface area contributed by atoms with Crippen molar-refractivity contribution in [2.24, 2.45) is 7.05 Å². The fourth-order valence-electron chi connectivity index (χ4n) is 3.12. The molecule has 0 saturated carbocycles. The lowest BCUT2D eigenvalue weighted by Gasteiger charge is -2.34. The topological polar surface area (TPSA) is 73.1 Å². The van der Waals surface area contributed by atoms with Crippen LogP contribution >= 0.6 is 11.6 Å². The van der Waals surface area contributed by atoms with Crippen LogP contribution in [0.1, 0.15) is 11.7 Å². The van der Waals surface area contributed by atoms with Gasteiger partial charge in [0.15, 0.2) is 0 Å². The van der Waals surface area contributed by atoms with E-state index in [0.29, 0.717) is 42.1 Å². The van der Waals surface area contributed by atoms with Gasteiger partial charge in [0.2, 0.25) is 5.95 Å². The van der Waals surface area contributed by atoms with Crippen molar-refractivity contribution in [2.75, 3.05) is 24.6 Å². The third-order valence-electron chi connectivity index (χ3n) is 4.53. The minimum Gasteiger partial charge on any atom is -0.370 e. The summed E-state index contributed by atoms with van der Waals surface area (Å²) in [4.78, 5) is 27.3. The van der Waals surface area contributed by atoms with Crippen LogP contribution in [0.15, 0.2) is 53.7 Å². The minimum atomic E-state index is -0.142. The van der Waals surface area contributed by atoms with Gasteiger partial charge in [0.05, 0.1) is 24.5 Å². The molecule has 1 aliphatic rings. The van der Waals surface area contributed by atoms with Crippen LogP contribution in [-0.2, 0) is 11.8 Å². The molecule has 0 unspecified atom stereocenters. The van der Waals surface area contributed by atoms with E-state index >= 15 is 0 Å². The van der Waals surface area contributed by atoms with Gasteiger partial charge in [0.25, 0.3) is 5.56 Å². The standard InChI is InChI=1S/C19H18ClN5O2/c1-24-18(26)10-16(15-5-6-21-12-22-15)23-19(24)25-7-8-27-17(11-25)13-3-2-4-14(20)9-13/h2-6,9-10,12,17H,7-8,11H2,1H3/t17-/m0/s1. The Balaban J connectivity index is 1.68. The molecule has 3 heterocycles. The van der Waals surface area contributed by atoms with Gasteiger partial charge in [-0.2, -0.15) is 0 Å². The van der Waals surface area contributed by atoms with Gasteiger partial charge in [-0.25, -0.2) is 15.0 Å². The van der Waals surface area contributed by atoms with Crippen molar-refractivity contribution >= 4 is 17.5 Å². The zero-order valence-corrected chi connectivity index (χ0v) is 15.5. The van der Waals surface area contributed by atoms with E-state index in [1.807, 2.05) is 24.3 Å². The molecule has 0 aliphatic carbocycles. The second-order valence-electron chi connectivity index (χ2n) is 6.29. The summed E-state index contributed by atoms with van der Waals surface area (Å²) >= 11 is 6.11. The molecule has 0 amide bonds. The molecule has 1 saturated heterocycles. The van der Waals surface area contributed by atoms with E-state index in [1.54, 1.807) is 23.9 Å². The van der Waals surface area contributed by atoms with Gasteiger partial charge in [-0.3, -0.25) is 9.36 Å². The van der Waals surface area contributed by atoms with Gasteiger partial charge in [0.1, 0.15) is 12.4 Å². The summed E-state index contributed by atoms with van der Waals surface area (Å²) in [7, 11) is 1.72. The number of benzene rings is 1. The summed E-state index contributed by atoms with van der Waals surface area (Å²) in [6.07, 6.45) is 2.93. The van der Waals surface area contributed by atoms with Crippen LogP contribution in [0.5, 0.6) is 0 Å². The highest BCUT2D eigenvalue weighted by atomic mass is 35.5. The molecule has 1 fully saturated rings. The fraction of sp³-hybridized carbons (Fsp3) is 0.263. The van der Waals surface area contributed by atoms with Crippen LogP contribution in [0.25, 0.3) is 11.4 Å². The quantitative estimate of drug-likeness (QED) is 0.691. The first-order chi connectivity index (χ1) is 13.1. The largest absolute Gasteiger partial charge is 0.370 e. The summed E-state index contributed by atoms with van der Waals surface area (Å²) in [6, 6.07) is 10.9. The number of halogens is 1.